The number of hydrogen-bond donors (Lipinski definition) is 0. The highest BCUT2D eigenvalue weighted by atomic mass is 16.1. The lowest BCUT2D eigenvalue weighted by Gasteiger charge is -2.32. The fourth-order valence-electron chi connectivity index (χ4n) is 2.04. The zero-order valence-electron chi connectivity index (χ0n) is 10.0. The average molecular weight is 230 g/mol. The number of carbonyl (C=O) groups excluding carboxylic acids is 1. The summed E-state index contributed by atoms with van der Waals surface area (Å²) in [6, 6.07) is 8.46. The van der Waals surface area contributed by atoms with E-state index in [9.17, 15) is 4.79 Å². The van der Waals surface area contributed by atoms with Gasteiger partial charge in [-0.1, -0.05) is 36.9 Å². The number of benzene rings is 1. The van der Waals surface area contributed by atoms with Crippen LogP contribution < -0.4 is 0 Å². The number of rotatable bonds is 4. The maximum Gasteiger partial charge on any atom is 0.209 e. The first-order chi connectivity index (χ1) is 8.31. The highest BCUT2D eigenvalue weighted by Crippen LogP contribution is 2.10. The molecule has 3 nitrogen and oxygen atoms in total. The van der Waals surface area contributed by atoms with Crippen molar-refractivity contribution >= 4 is 12.5 Å². The van der Waals surface area contributed by atoms with Gasteiger partial charge >= 0.3 is 0 Å². The van der Waals surface area contributed by atoms with E-state index in [1.54, 1.807) is 0 Å². The summed E-state index contributed by atoms with van der Waals surface area (Å²) in [5.74, 6) is 0. The lowest BCUT2D eigenvalue weighted by Crippen LogP contribution is -2.45. The van der Waals surface area contributed by atoms with E-state index in [4.69, 9.17) is 0 Å². The van der Waals surface area contributed by atoms with Gasteiger partial charge in [0.2, 0.25) is 6.41 Å². The Morgan fingerprint density at radius 2 is 1.76 bits per heavy atom. The van der Waals surface area contributed by atoms with E-state index in [1.165, 1.54) is 5.56 Å². The van der Waals surface area contributed by atoms with E-state index >= 15 is 0 Å². The van der Waals surface area contributed by atoms with Crippen LogP contribution in [0.15, 0.2) is 30.8 Å². The van der Waals surface area contributed by atoms with Gasteiger partial charge in [-0.25, -0.2) is 0 Å². The van der Waals surface area contributed by atoms with Crippen molar-refractivity contribution < 1.29 is 4.79 Å². The third kappa shape index (κ3) is 3.17. The molecule has 1 saturated heterocycles. The van der Waals surface area contributed by atoms with Crippen molar-refractivity contribution in [2.24, 2.45) is 0 Å². The Hall–Kier alpha value is -1.61. The molecule has 0 unspecified atom stereocenters. The van der Waals surface area contributed by atoms with E-state index in [-0.39, 0.29) is 0 Å². The minimum atomic E-state index is 0.842. The van der Waals surface area contributed by atoms with Crippen molar-refractivity contribution in [1.82, 2.24) is 9.80 Å². The van der Waals surface area contributed by atoms with E-state index < -0.39 is 0 Å². The van der Waals surface area contributed by atoms with Gasteiger partial charge in [-0.2, -0.15) is 0 Å². The maximum atomic E-state index is 10.6. The van der Waals surface area contributed by atoms with Crippen LogP contribution in [0.1, 0.15) is 11.1 Å². The number of amides is 1. The van der Waals surface area contributed by atoms with Crippen LogP contribution in [0.2, 0.25) is 0 Å². The molecule has 0 aliphatic carbocycles. The summed E-state index contributed by atoms with van der Waals surface area (Å²) in [6.07, 6.45) is 2.79. The molecule has 2 rings (SSSR count). The molecule has 1 aliphatic heterocycles. The fraction of sp³-hybridized carbons (Fsp3) is 0.357. The Morgan fingerprint density at radius 1 is 1.12 bits per heavy atom. The SMILES string of the molecule is C=Cc1ccc(CN2CCN(C=O)CC2)cc1. The van der Waals surface area contributed by atoms with Gasteiger partial charge in [0.05, 0.1) is 0 Å². The number of nitrogens with zero attached hydrogens (tertiary/aromatic N) is 2. The molecule has 1 heterocycles. The second kappa shape index (κ2) is 5.64. The predicted octanol–water partition coefficient (Wildman–Crippen LogP) is 1.60. The molecule has 1 aliphatic rings. The molecule has 3 heteroatoms. The van der Waals surface area contributed by atoms with Crippen LogP contribution in [0.3, 0.4) is 0 Å². The van der Waals surface area contributed by atoms with Gasteiger partial charge in [-0.15, -0.1) is 0 Å². The van der Waals surface area contributed by atoms with Crippen LogP contribution in [-0.4, -0.2) is 42.4 Å². The second-order valence-corrected chi connectivity index (χ2v) is 4.36. The molecule has 0 atom stereocenters. The summed E-state index contributed by atoms with van der Waals surface area (Å²) in [5, 5.41) is 0. The van der Waals surface area contributed by atoms with Crippen LogP contribution in [0.25, 0.3) is 6.08 Å². The molecule has 0 bridgehead atoms. The molecular formula is C14H18N2O. The van der Waals surface area contributed by atoms with Gasteiger partial charge in [-0.3, -0.25) is 9.69 Å². The predicted molar refractivity (Wildman–Crippen MR) is 69.4 cm³/mol. The van der Waals surface area contributed by atoms with E-state index in [1.807, 2.05) is 11.0 Å². The van der Waals surface area contributed by atoms with Gasteiger partial charge in [-0.05, 0) is 11.1 Å². The van der Waals surface area contributed by atoms with Crippen LogP contribution >= 0.6 is 0 Å². The Balaban J connectivity index is 1.88. The fourth-order valence-corrected chi connectivity index (χ4v) is 2.04. The molecule has 0 N–H and O–H groups in total. The summed E-state index contributed by atoms with van der Waals surface area (Å²) < 4.78 is 0. The maximum absolute atomic E-state index is 10.6. The minimum Gasteiger partial charge on any atom is -0.343 e. The second-order valence-electron chi connectivity index (χ2n) is 4.36. The quantitative estimate of drug-likeness (QED) is 0.734. The lowest BCUT2D eigenvalue weighted by atomic mass is 10.1. The molecule has 0 spiro atoms. The third-order valence-electron chi connectivity index (χ3n) is 3.18. The molecule has 0 saturated carbocycles. The Kier molecular flexibility index (Phi) is 3.94. The van der Waals surface area contributed by atoms with Gasteiger partial charge < -0.3 is 4.90 Å². The molecule has 0 radical (unpaired) electrons. The van der Waals surface area contributed by atoms with Crippen molar-refractivity contribution in [2.45, 2.75) is 6.54 Å². The highest BCUT2D eigenvalue weighted by molar-refractivity contribution is 5.47. The number of piperazine rings is 1. The molecule has 1 fully saturated rings. The summed E-state index contributed by atoms with van der Waals surface area (Å²) in [4.78, 5) is 14.8. The summed E-state index contributed by atoms with van der Waals surface area (Å²) in [6.45, 7) is 8.31. The minimum absolute atomic E-state index is 0.842. The number of carbonyl (C=O) groups is 1. The summed E-state index contributed by atoms with van der Waals surface area (Å²) in [7, 11) is 0. The Morgan fingerprint density at radius 3 is 2.29 bits per heavy atom. The van der Waals surface area contributed by atoms with Gasteiger partial charge in [0.25, 0.3) is 0 Å². The molecular weight excluding hydrogens is 212 g/mol. The lowest BCUT2D eigenvalue weighted by molar-refractivity contribution is -0.119. The third-order valence-corrected chi connectivity index (χ3v) is 3.18. The molecule has 1 aromatic carbocycles. The van der Waals surface area contributed by atoms with Crippen molar-refractivity contribution in [3.8, 4) is 0 Å². The van der Waals surface area contributed by atoms with Crippen LogP contribution in [0.4, 0.5) is 0 Å². The van der Waals surface area contributed by atoms with Crippen molar-refractivity contribution in [1.29, 1.82) is 0 Å². The van der Waals surface area contributed by atoms with Crippen LogP contribution in [0.5, 0.6) is 0 Å². The Labute approximate surface area is 102 Å². The number of hydrogen-bond acceptors (Lipinski definition) is 2. The molecule has 90 valence electrons. The largest absolute Gasteiger partial charge is 0.343 e. The van der Waals surface area contributed by atoms with Crippen molar-refractivity contribution in [3.63, 3.8) is 0 Å². The molecule has 0 aromatic heterocycles. The first-order valence-corrected chi connectivity index (χ1v) is 5.95. The zero-order valence-corrected chi connectivity index (χ0v) is 10.0. The average Bonchev–Trinajstić information content (AvgIpc) is 2.40. The first-order valence-electron chi connectivity index (χ1n) is 5.95. The topological polar surface area (TPSA) is 23.6 Å². The van der Waals surface area contributed by atoms with E-state index in [2.05, 4.69) is 35.7 Å². The van der Waals surface area contributed by atoms with Crippen LogP contribution in [-0.2, 0) is 11.3 Å². The first kappa shape index (κ1) is 11.9. The molecule has 17 heavy (non-hydrogen) atoms. The molecule has 1 amide bonds. The van der Waals surface area contributed by atoms with Crippen LogP contribution in [0, 0.1) is 0 Å². The monoisotopic (exact) mass is 230 g/mol. The summed E-state index contributed by atoms with van der Waals surface area (Å²) in [5.41, 5.74) is 2.47. The van der Waals surface area contributed by atoms with Crippen molar-refractivity contribution in [3.05, 3.63) is 42.0 Å². The van der Waals surface area contributed by atoms with Gasteiger partial charge in [0.15, 0.2) is 0 Å². The highest BCUT2D eigenvalue weighted by Gasteiger charge is 2.14. The zero-order chi connectivity index (χ0) is 12.1. The van der Waals surface area contributed by atoms with E-state index in [0.29, 0.717) is 0 Å². The normalized spacial score (nSPS) is 16.8. The standard InChI is InChI=1S/C14H18N2O/c1-2-13-3-5-14(6-4-13)11-15-7-9-16(12-17)10-8-15/h2-6,12H,1,7-11H2. The molecule has 1 aromatic rings. The van der Waals surface area contributed by atoms with E-state index in [0.717, 1.165) is 44.7 Å². The summed E-state index contributed by atoms with van der Waals surface area (Å²) >= 11 is 0. The smallest absolute Gasteiger partial charge is 0.209 e. The van der Waals surface area contributed by atoms with Crippen molar-refractivity contribution in [2.75, 3.05) is 26.2 Å². The Bertz CT molecular complexity index is 378. The van der Waals surface area contributed by atoms with Gasteiger partial charge in [0.1, 0.15) is 0 Å². The van der Waals surface area contributed by atoms with Gasteiger partial charge in [0, 0.05) is 32.7 Å².